The van der Waals surface area contributed by atoms with Gasteiger partial charge >= 0.3 is 0 Å². The zero-order chi connectivity index (χ0) is 12.7. The Kier molecular flexibility index (Phi) is 6.08. The van der Waals surface area contributed by atoms with E-state index in [4.69, 9.17) is 5.73 Å². The Labute approximate surface area is 107 Å². The molecule has 17 heavy (non-hydrogen) atoms. The van der Waals surface area contributed by atoms with Gasteiger partial charge in [0, 0.05) is 4.90 Å². The molecule has 0 bridgehead atoms. The first-order valence-electron chi connectivity index (χ1n) is 5.85. The molecule has 94 valence electrons. The highest BCUT2D eigenvalue weighted by molar-refractivity contribution is 7.99. The van der Waals surface area contributed by atoms with Crippen molar-refractivity contribution in [1.82, 2.24) is 5.32 Å². The Hall–Kier alpha value is -1.00. The van der Waals surface area contributed by atoms with E-state index in [1.807, 2.05) is 6.92 Å². The first-order valence-corrected chi connectivity index (χ1v) is 6.84. The van der Waals surface area contributed by atoms with Crippen LogP contribution in [0.25, 0.3) is 0 Å². The normalized spacial score (nSPS) is 12.4. The van der Waals surface area contributed by atoms with E-state index in [1.165, 1.54) is 10.5 Å². The molecule has 1 atom stereocenters. The molecule has 0 saturated carbocycles. The van der Waals surface area contributed by atoms with Crippen molar-refractivity contribution < 1.29 is 4.79 Å². The van der Waals surface area contributed by atoms with Gasteiger partial charge in [0.05, 0.1) is 6.04 Å². The summed E-state index contributed by atoms with van der Waals surface area (Å²) in [4.78, 5) is 12.4. The molecule has 0 radical (unpaired) electrons. The van der Waals surface area contributed by atoms with E-state index in [0.29, 0.717) is 0 Å². The van der Waals surface area contributed by atoms with Crippen molar-refractivity contribution in [3.8, 4) is 0 Å². The third-order valence-corrected chi connectivity index (χ3v) is 3.54. The van der Waals surface area contributed by atoms with Crippen LogP contribution in [-0.2, 0) is 4.79 Å². The van der Waals surface area contributed by atoms with E-state index in [2.05, 4.69) is 36.5 Å². The molecule has 0 aliphatic carbocycles. The van der Waals surface area contributed by atoms with Crippen molar-refractivity contribution in [3.63, 3.8) is 0 Å². The summed E-state index contributed by atoms with van der Waals surface area (Å²) in [6.45, 7) is 4.81. The molecule has 0 aromatic heterocycles. The Bertz CT molecular complexity index is 351. The lowest BCUT2D eigenvalue weighted by atomic mass is 10.2. The summed E-state index contributed by atoms with van der Waals surface area (Å²) < 4.78 is 0. The Morgan fingerprint density at radius 3 is 2.59 bits per heavy atom. The second-order valence-electron chi connectivity index (χ2n) is 3.96. The van der Waals surface area contributed by atoms with E-state index in [0.717, 1.165) is 18.7 Å². The molecule has 0 aliphatic heterocycles. The van der Waals surface area contributed by atoms with Gasteiger partial charge < -0.3 is 11.1 Å². The number of likely N-dealkylation sites (N-methyl/N-ethyl adjacent to an activating group) is 1. The van der Waals surface area contributed by atoms with Crippen LogP contribution in [-0.4, -0.2) is 24.2 Å². The van der Waals surface area contributed by atoms with E-state index >= 15 is 0 Å². The summed E-state index contributed by atoms with van der Waals surface area (Å²) in [7, 11) is 0. The number of benzene rings is 1. The second-order valence-corrected chi connectivity index (χ2v) is 5.13. The number of nitrogens with one attached hydrogen (secondary N) is 1. The maximum absolute atomic E-state index is 11.1. The zero-order valence-corrected chi connectivity index (χ0v) is 11.2. The van der Waals surface area contributed by atoms with Crippen LogP contribution in [0.15, 0.2) is 29.2 Å². The number of primary amides is 1. The standard InChI is InChI=1S/C13H20N2OS/c1-3-15-12(13(14)16)8-9-17-11-6-4-10(2)5-7-11/h4-7,12,15H,3,8-9H2,1-2H3,(H2,14,16). The van der Waals surface area contributed by atoms with Crippen molar-refractivity contribution in [2.45, 2.75) is 31.2 Å². The topological polar surface area (TPSA) is 55.1 Å². The molecule has 0 fully saturated rings. The smallest absolute Gasteiger partial charge is 0.234 e. The lowest BCUT2D eigenvalue weighted by Gasteiger charge is -2.13. The number of amides is 1. The molecule has 3 N–H and O–H groups in total. The lowest BCUT2D eigenvalue weighted by molar-refractivity contribution is -0.120. The molecule has 1 aromatic rings. The predicted octanol–water partition coefficient (Wildman–Crippen LogP) is 1.94. The number of hydrogen-bond acceptors (Lipinski definition) is 3. The van der Waals surface area contributed by atoms with Gasteiger partial charge in [0.15, 0.2) is 0 Å². The minimum atomic E-state index is -0.267. The second kappa shape index (κ2) is 7.35. The number of hydrogen-bond donors (Lipinski definition) is 2. The Balaban J connectivity index is 2.35. The fraction of sp³-hybridized carbons (Fsp3) is 0.462. The van der Waals surface area contributed by atoms with E-state index in [1.54, 1.807) is 11.8 Å². The van der Waals surface area contributed by atoms with Crippen molar-refractivity contribution >= 4 is 17.7 Å². The van der Waals surface area contributed by atoms with Crippen LogP contribution in [0.4, 0.5) is 0 Å². The summed E-state index contributed by atoms with van der Waals surface area (Å²) in [5, 5.41) is 3.09. The van der Waals surface area contributed by atoms with E-state index < -0.39 is 0 Å². The molecule has 0 spiro atoms. The quantitative estimate of drug-likeness (QED) is 0.729. The summed E-state index contributed by atoms with van der Waals surface area (Å²) in [6.07, 6.45) is 0.766. The molecule has 0 aliphatic rings. The number of nitrogens with two attached hydrogens (primary N) is 1. The van der Waals surface area contributed by atoms with Gasteiger partial charge in [-0.3, -0.25) is 4.79 Å². The van der Waals surface area contributed by atoms with Gasteiger partial charge in [-0.05, 0) is 37.8 Å². The summed E-state index contributed by atoms with van der Waals surface area (Å²) in [5.41, 5.74) is 6.57. The minimum Gasteiger partial charge on any atom is -0.368 e. The maximum atomic E-state index is 11.1. The van der Waals surface area contributed by atoms with Gasteiger partial charge in [-0.25, -0.2) is 0 Å². The van der Waals surface area contributed by atoms with Gasteiger partial charge in [0.1, 0.15) is 0 Å². The molecule has 1 unspecified atom stereocenters. The Morgan fingerprint density at radius 1 is 1.41 bits per heavy atom. The van der Waals surface area contributed by atoms with Gasteiger partial charge in [-0.2, -0.15) is 0 Å². The largest absolute Gasteiger partial charge is 0.368 e. The van der Waals surface area contributed by atoms with Crippen LogP contribution in [0, 0.1) is 6.92 Å². The zero-order valence-electron chi connectivity index (χ0n) is 10.4. The van der Waals surface area contributed by atoms with Gasteiger partial charge in [-0.15, -0.1) is 11.8 Å². The van der Waals surface area contributed by atoms with Crippen molar-refractivity contribution in [2.24, 2.45) is 5.73 Å². The van der Waals surface area contributed by atoms with Gasteiger partial charge in [0.25, 0.3) is 0 Å². The molecule has 0 saturated heterocycles. The fourth-order valence-electron chi connectivity index (χ4n) is 1.52. The number of rotatable bonds is 7. The first-order chi connectivity index (χ1) is 8.13. The maximum Gasteiger partial charge on any atom is 0.234 e. The molecule has 1 rings (SSSR count). The fourth-order valence-corrected chi connectivity index (χ4v) is 2.44. The van der Waals surface area contributed by atoms with Crippen LogP contribution in [0.5, 0.6) is 0 Å². The third-order valence-electron chi connectivity index (χ3n) is 2.49. The van der Waals surface area contributed by atoms with Crippen LogP contribution in [0.1, 0.15) is 18.9 Å². The van der Waals surface area contributed by atoms with Crippen LogP contribution < -0.4 is 11.1 Å². The highest BCUT2D eigenvalue weighted by Crippen LogP contribution is 2.19. The van der Waals surface area contributed by atoms with E-state index in [-0.39, 0.29) is 11.9 Å². The van der Waals surface area contributed by atoms with Gasteiger partial charge in [-0.1, -0.05) is 24.6 Å². The van der Waals surface area contributed by atoms with Crippen LogP contribution in [0.2, 0.25) is 0 Å². The van der Waals surface area contributed by atoms with Crippen molar-refractivity contribution in [1.29, 1.82) is 0 Å². The predicted molar refractivity (Wildman–Crippen MR) is 73.2 cm³/mol. The van der Waals surface area contributed by atoms with Gasteiger partial charge in [0.2, 0.25) is 5.91 Å². The number of thioether (sulfide) groups is 1. The monoisotopic (exact) mass is 252 g/mol. The number of carbonyl (C=O) groups excluding carboxylic acids is 1. The Morgan fingerprint density at radius 2 is 2.06 bits per heavy atom. The number of carbonyl (C=O) groups is 1. The molecule has 4 heteroatoms. The molecular weight excluding hydrogens is 232 g/mol. The molecular formula is C13H20N2OS. The number of aryl methyl sites for hydroxylation is 1. The molecule has 1 aromatic carbocycles. The lowest BCUT2D eigenvalue weighted by Crippen LogP contribution is -2.41. The molecule has 1 amide bonds. The minimum absolute atomic E-state index is 0.210. The van der Waals surface area contributed by atoms with E-state index in [9.17, 15) is 4.79 Å². The first kappa shape index (κ1) is 14.1. The van der Waals surface area contributed by atoms with Crippen LogP contribution in [0.3, 0.4) is 0 Å². The third kappa shape index (κ3) is 5.24. The highest BCUT2D eigenvalue weighted by atomic mass is 32.2. The van der Waals surface area contributed by atoms with Crippen LogP contribution >= 0.6 is 11.8 Å². The highest BCUT2D eigenvalue weighted by Gasteiger charge is 2.12. The average Bonchev–Trinajstić information content (AvgIpc) is 2.30. The summed E-state index contributed by atoms with van der Waals surface area (Å²) >= 11 is 1.75. The average molecular weight is 252 g/mol. The summed E-state index contributed by atoms with van der Waals surface area (Å²) in [6, 6.07) is 8.19. The summed E-state index contributed by atoms with van der Waals surface area (Å²) in [5.74, 6) is 0.625. The SMILES string of the molecule is CCNC(CCSc1ccc(C)cc1)C(N)=O. The van der Waals surface area contributed by atoms with Crippen molar-refractivity contribution in [2.75, 3.05) is 12.3 Å². The molecule has 0 heterocycles. The van der Waals surface area contributed by atoms with Crippen molar-refractivity contribution in [3.05, 3.63) is 29.8 Å². The molecule has 3 nitrogen and oxygen atoms in total.